The Labute approximate surface area is 192 Å². The standard InChI is InChI=1S/C25H29N3O3S.2H2/c1-17(2)32(30,31)23-10-8-21(9-11-23)25-16-27-18(3)24(28-25)12-7-19-5-4-6-20(13-19)14-22(29)15-26;;/h4-6,8-11,13,16-17H,7,12,14-15,26H2,1-3H3;2*1H. The Morgan fingerprint density at radius 1 is 1.06 bits per heavy atom. The van der Waals surface area contributed by atoms with E-state index >= 15 is 0 Å². The number of aryl methyl sites for hydroxylation is 3. The lowest BCUT2D eigenvalue weighted by Crippen LogP contribution is -2.15. The molecule has 6 nitrogen and oxygen atoms in total. The number of hydrogen-bond acceptors (Lipinski definition) is 6. The van der Waals surface area contributed by atoms with E-state index in [0.29, 0.717) is 23.4 Å². The molecule has 32 heavy (non-hydrogen) atoms. The van der Waals surface area contributed by atoms with Crippen molar-refractivity contribution in [2.45, 2.75) is 50.2 Å². The summed E-state index contributed by atoms with van der Waals surface area (Å²) in [5.41, 5.74) is 10.8. The lowest BCUT2D eigenvalue weighted by atomic mass is 10.0. The fourth-order valence-corrected chi connectivity index (χ4v) is 4.47. The quantitative estimate of drug-likeness (QED) is 0.523. The summed E-state index contributed by atoms with van der Waals surface area (Å²) in [5.74, 6) is 0.0174. The van der Waals surface area contributed by atoms with Crippen molar-refractivity contribution in [3.8, 4) is 11.3 Å². The summed E-state index contributed by atoms with van der Waals surface area (Å²) in [5, 5.41) is -0.467. The van der Waals surface area contributed by atoms with Gasteiger partial charge >= 0.3 is 0 Å². The van der Waals surface area contributed by atoms with Crippen molar-refractivity contribution < 1.29 is 16.1 Å². The molecule has 0 bridgehead atoms. The van der Waals surface area contributed by atoms with Gasteiger partial charge in [0.05, 0.1) is 40.0 Å². The summed E-state index contributed by atoms with van der Waals surface area (Å²) in [4.78, 5) is 21.2. The van der Waals surface area contributed by atoms with Crippen LogP contribution < -0.4 is 5.73 Å². The molecule has 0 saturated heterocycles. The van der Waals surface area contributed by atoms with Crippen LogP contribution in [-0.2, 0) is 33.9 Å². The largest absolute Gasteiger partial charge is 0.324 e. The van der Waals surface area contributed by atoms with E-state index in [2.05, 4.69) is 4.98 Å². The highest BCUT2D eigenvalue weighted by atomic mass is 32.2. The predicted molar refractivity (Wildman–Crippen MR) is 130 cm³/mol. The molecule has 0 aliphatic carbocycles. The number of nitrogens with two attached hydrogens (primary N) is 1. The lowest BCUT2D eigenvalue weighted by Gasteiger charge is -2.10. The number of nitrogens with zero attached hydrogens (tertiary/aromatic N) is 2. The fourth-order valence-electron chi connectivity index (χ4n) is 3.41. The molecule has 7 heteroatoms. The first-order chi connectivity index (χ1) is 15.2. The van der Waals surface area contributed by atoms with E-state index in [-0.39, 0.29) is 15.2 Å². The highest BCUT2D eigenvalue weighted by Gasteiger charge is 2.19. The average Bonchev–Trinajstić information content (AvgIpc) is 2.78. The monoisotopic (exact) mass is 455 g/mol. The van der Waals surface area contributed by atoms with Crippen molar-refractivity contribution in [3.05, 3.63) is 77.2 Å². The maximum absolute atomic E-state index is 12.3. The van der Waals surface area contributed by atoms with Crippen molar-refractivity contribution in [1.29, 1.82) is 0 Å². The van der Waals surface area contributed by atoms with Gasteiger partial charge < -0.3 is 5.73 Å². The Kier molecular flexibility index (Phi) is 7.53. The second kappa shape index (κ2) is 10.1. The van der Waals surface area contributed by atoms with Crippen molar-refractivity contribution in [2.75, 3.05) is 6.54 Å². The summed E-state index contributed by atoms with van der Waals surface area (Å²) in [6.45, 7) is 5.33. The average molecular weight is 456 g/mol. The van der Waals surface area contributed by atoms with E-state index in [0.717, 1.165) is 34.5 Å². The van der Waals surface area contributed by atoms with Gasteiger partial charge in [-0.3, -0.25) is 9.78 Å². The van der Waals surface area contributed by atoms with Gasteiger partial charge in [-0.1, -0.05) is 36.4 Å². The lowest BCUT2D eigenvalue weighted by molar-refractivity contribution is -0.117. The Hall–Kier alpha value is -2.90. The van der Waals surface area contributed by atoms with Crippen LogP contribution in [0.25, 0.3) is 11.3 Å². The van der Waals surface area contributed by atoms with Crippen LogP contribution >= 0.6 is 0 Å². The first-order valence-electron chi connectivity index (χ1n) is 10.7. The van der Waals surface area contributed by atoms with E-state index < -0.39 is 15.1 Å². The molecule has 0 spiro atoms. The molecule has 0 aliphatic rings. The smallest absolute Gasteiger partial charge is 0.180 e. The maximum Gasteiger partial charge on any atom is 0.180 e. The van der Waals surface area contributed by atoms with Crippen LogP contribution in [0, 0.1) is 6.92 Å². The molecule has 0 radical (unpaired) electrons. The number of rotatable bonds is 9. The molecule has 0 aliphatic heterocycles. The molecule has 2 aromatic carbocycles. The zero-order chi connectivity index (χ0) is 23.3. The topological polar surface area (TPSA) is 103 Å². The zero-order valence-electron chi connectivity index (χ0n) is 18.7. The Morgan fingerprint density at radius 3 is 2.41 bits per heavy atom. The predicted octanol–water partition coefficient (Wildman–Crippen LogP) is 3.98. The zero-order valence-corrected chi connectivity index (χ0v) is 19.5. The summed E-state index contributed by atoms with van der Waals surface area (Å²) in [6, 6.07) is 14.8. The number of Topliss-reactive ketones (excluding diaryl/α,β-unsaturated/α-hetero) is 1. The SMILES string of the molecule is Cc1ncc(-c2ccc(S(=O)(=O)C(C)C)cc2)nc1CCc1cccc(CC(=O)CN)c1.[HH].[HH]. The second-order valence-electron chi connectivity index (χ2n) is 8.15. The van der Waals surface area contributed by atoms with Gasteiger partial charge in [0.25, 0.3) is 0 Å². The van der Waals surface area contributed by atoms with Crippen LogP contribution in [0.5, 0.6) is 0 Å². The van der Waals surface area contributed by atoms with E-state index in [1.807, 2.05) is 31.2 Å². The normalized spacial score (nSPS) is 11.7. The molecule has 0 amide bonds. The van der Waals surface area contributed by atoms with Gasteiger partial charge in [-0.05, 0) is 56.9 Å². The van der Waals surface area contributed by atoms with Crippen LogP contribution in [0.4, 0.5) is 0 Å². The maximum atomic E-state index is 12.3. The molecule has 2 N–H and O–H groups in total. The molecule has 0 unspecified atom stereocenters. The number of hydrogen-bond donors (Lipinski definition) is 1. The summed E-state index contributed by atoms with van der Waals surface area (Å²) in [6.07, 6.45) is 3.54. The Bertz CT molecular complexity index is 1210. The van der Waals surface area contributed by atoms with Crippen LogP contribution in [0.15, 0.2) is 59.6 Å². The first-order valence-corrected chi connectivity index (χ1v) is 12.2. The van der Waals surface area contributed by atoms with Gasteiger partial charge in [-0.2, -0.15) is 0 Å². The van der Waals surface area contributed by atoms with Crippen molar-refractivity contribution in [3.63, 3.8) is 0 Å². The minimum Gasteiger partial charge on any atom is -0.324 e. The van der Waals surface area contributed by atoms with Crippen molar-refractivity contribution in [2.24, 2.45) is 5.73 Å². The van der Waals surface area contributed by atoms with Crippen LogP contribution in [0.3, 0.4) is 0 Å². The van der Waals surface area contributed by atoms with Gasteiger partial charge in [0, 0.05) is 14.8 Å². The van der Waals surface area contributed by atoms with E-state index in [9.17, 15) is 13.2 Å². The Balaban J connectivity index is 0.00000289. The third kappa shape index (κ3) is 5.66. The van der Waals surface area contributed by atoms with Gasteiger partial charge in [-0.25, -0.2) is 13.4 Å². The molecular formula is C25H33N3O3S. The minimum atomic E-state index is -3.31. The number of benzene rings is 2. The number of sulfone groups is 1. The molecule has 1 heterocycles. The van der Waals surface area contributed by atoms with E-state index in [1.165, 1.54) is 0 Å². The second-order valence-corrected chi connectivity index (χ2v) is 10.6. The number of aromatic nitrogens is 2. The van der Waals surface area contributed by atoms with Gasteiger partial charge in [0.15, 0.2) is 15.6 Å². The van der Waals surface area contributed by atoms with Crippen molar-refractivity contribution >= 4 is 15.6 Å². The number of carbonyl (C=O) groups excluding carboxylic acids is 1. The highest BCUT2D eigenvalue weighted by molar-refractivity contribution is 7.92. The van der Waals surface area contributed by atoms with E-state index in [1.54, 1.807) is 44.3 Å². The van der Waals surface area contributed by atoms with Gasteiger partial charge in [-0.15, -0.1) is 0 Å². The van der Waals surface area contributed by atoms with Gasteiger partial charge in [0.2, 0.25) is 0 Å². The number of carbonyl (C=O) groups is 1. The first kappa shape index (κ1) is 23.8. The molecule has 3 aromatic rings. The molecular weight excluding hydrogens is 422 g/mol. The minimum absolute atomic E-state index is 0. The third-order valence-electron chi connectivity index (χ3n) is 5.42. The molecule has 3 rings (SSSR count). The molecule has 0 atom stereocenters. The van der Waals surface area contributed by atoms with Crippen LogP contribution in [0.2, 0.25) is 0 Å². The third-order valence-corrected chi connectivity index (χ3v) is 7.59. The van der Waals surface area contributed by atoms with Crippen LogP contribution in [0.1, 0.15) is 39.2 Å². The number of ketones is 1. The van der Waals surface area contributed by atoms with Crippen LogP contribution in [-0.4, -0.2) is 36.0 Å². The molecule has 1 aromatic heterocycles. The fraction of sp³-hybridized carbons (Fsp3) is 0.320. The summed E-state index contributed by atoms with van der Waals surface area (Å²) >= 11 is 0. The van der Waals surface area contributed by atoms with Gasteiger partial charge in [0.1, 0.15) is 0 Å². The molecule has 172 valence electrons. The van der Waals surface area contributed by atoms with E-state index in [4.69, 9.17) is 10.7 Å². The molecule has 0 saturated carbocycles. The highest BCUT2D eigenvalue weighted by Crippen LogP contribution is 2.23. The van der Waals surface area contributed by atoms with Crippen molar-refractivity contribution in [1.82, 2.24) is 9.97 Å². The summed E-state index contributed by atoms with van der Waals surface area (Å²) < 4.78 is 24.7. The Morgan fingerprint density at radius 2 is 1.75 bits per heavy atom. The summed E-state index contributed by atoms with van der Waals surface area (Å²) in [7, 11) is -3.31. The molecule has 0 fully saturated rings.